The van der Waals surface area contributed by atoms with E-state index in [2.05, 4.69) is 17.1 Å². The molecule has 1 aromatic rings. The van der Waals surface area contributed by atoms with Gasteiger partial charge in [-0.1, -0.05) is 18.5 Å². The van der Waals surface area contributed by atoms with E-state index in [0.29, 0.717) is 16.6 Å². The fraction of sp³-hybridized carbons (Fsp3) is 0.533. The normalized spacial score (nSPS) is 17.1. The molecule has 1 saturated heterocycles. The molecule has 4 nitrogen and oxygen atoms in total. The first-order chi connectivity index (χ1) is 9.60. The Balaban J connectivity index is 1.94. The molecule has 0 atom stereocenters. The second kappa shape index (κ2) is 6.95. The minimum Gasteiger partial charge on any atom is -0.478 e. The SMILES string of the molecule is CCN1CCC(CNc2cc(Cl)ccc2C(=O)O)CC1. The number of rotatable bonds is 5. The third-order valence-corrected chi connectivity index (χ3v) is 4.18. The van der Waals surface area contributed by atoms with E-state index < -0.39 is 5.97 Å². The van der Waals surface area contributed by atoms with Crippen molar-refractivity contribution in [1.29, 1.82) is 0 Å². The van der Waals surface area contributed by atoms with Crippen molar-refractivity contribution < 1.29 is 9.90 Å². The van der Waals surface area contributed by atoms with Crippen molar-refractivity contribution >= 4 is 23.3 Å². The van der Waals surface area contributed by atoms with Crippen molar-refractivity contribution in [2.75, 3.05) is 31.5 Å². The fourth-order valence-electron chi connectivity index (χ4n) is 2.61. The molecule has 0 saturated carbocycles. The monoisotopic (exact) mass is 296 g/mol. The number of nitrogens with one attached hydrogen (secondary N) is 1. The summed E-state index contributed by atoms with van der Waals surface area (Å²) in [4.78, 5) is 13.6. The minimum absolute atomic E-state index is 0.278. The zero-order chi connectivity index (χ0) is 14.5. The van der Waals surface area contributed by atoms with Crippen LogP contribution in [0.2, 0.25) is 5.02 Å². The number of halogens is 1. The van der Waals surface area contributed by atoms with Gasteiger partial charge in [-0.05, 0) is 56.6 Å². The summed E-state index contributed by atoms with van der Waals surface area (Å²) < 4.78 is 0. The van der Waals surface area contributed by atoms with Gasteiger partial charge in [0.2, 0.25) is 0 Å². The van der Waals surface area contributed by atoms with Crippen LogP contribution in [0.15, 0.2) is 18.2 Å². The Morgan fingerprint density at radius 3 is 2.75 bits per heavy atom. The summed E-state index contributed by atoms with van der Waals surface area (Å²) in [5, 5.41) is 13.0. The quantitative estimate of drug-likeness (QED) is 0.876. The number of carboxylic acid groups (broad SMARTS) is 1. The van der Waals surface area contributed by atoms with E-state index in [1.807, 2.05) is 0 Å². The van der Waals surface area contributed by atoms with Gasteiger partial charge in [0.25, 0.3) is 0 Å². The molecule has 2 N–H and O–H groups in total. The van der Waals surface area contributed by atoms with Crippen LogP contribution in [-0.4, -0.2) is 42.2 Å². The molecule has 5 heteroatoms. The summed E-state index contributed by atoms with van der Waals surface area (Å²) >= 11 is 5.94. The van der Waals surface area contributed by atoms with Crippen LogP contribution in [0.3, 0.4) is 0 Å². The van der Waals surface area contributed by atoms with E-state index in [0.717, 1.165) is 39.0 Å². The molecule has 1 aliphatic rings. The van der Waals surface area contributed by atoms with Crippen LogP contribution in [0.4, 0.5) is 5.69 Å². The average Bonchev–Trinajstić information content (AvgIpc) is 2.45. The van der Waals surface area contributed by atoms with Crippen molar-refractivity contribution in [2.24, 2.45) is 5.92 Å². The Labute approximate surface area is 124 Å². The van der Waals surface area contributed by atoms with Gasteiger partial charge in [0.1, 0.15) is 0 Å². The maximum atomic E-state index is 11.2. The summed E-state index contributed by atoms with van der Waals surface area (Å²) in [6, 6.07) is 4.84. The second-order valence-corrected chi connectivity index (χ2v) is 5.69. The number of likely N-dealkylation sites (tertiary alicyclic amines) is 1. The zero-order valence-electron chi connectivity index (χ0n) is 11.7. The highest BCUT2D eigenvalue weighted by atomic mass is 35.5. The predicted molar refractivity (Wildman–Crippen MR) is 81.7 cm³/mol. The summed E-state index contributed by atoms with van der Waals surface area (Å²) in [7, 11) is 0. The van der Waals surface area contributed by atoms with Crippen LogP contribution in [0.5, 0.6) is 0 Å². The van der Waals surface area contributed by atoms with Gasteiger partial charge in [-0.25, -0.2) is 4.79 Å². The van der Waals surface area contributed by atoms with Gasteiger partial charge in [0.15, 0.2) is 0 Å². The zero-order valence-corrected chi connectivity index (χ0v) is 12.5. The topological polar surface area (TPSA) is 52.6 Å². The Hall–Kier alpha value is -1.26. The number of anilines is 1. The van der Waals surface area contributed by atoms with Crippen LogP contribution < -0.4 is 5.32 Å². The smallest absolute Gasteiger partial charge is 0.337 e. The standard InChI is InChI=1S/C15H21ClN2O2/c1-2-18-7-5-11(6-8-18)10-17-14-9-12(16)3-4-13(14)15(19)20/h3-4,9,11,17H,2,5-8,10H2,1H3,(H,19,20). The molecule has 110 valence electrons. The Morgan fingerprint density at radius 2 is 2.15 bits per heavy atom. The molecule has 1 heterocycles. The molecule has 1 aliphatic heterocycles. The Kier molecular flexibility index (Phi) is 5.26. The van der Waals surface area contributed by atoms with E-state index in [9.17, 15) is 9.90 Å². The van der Waals surface area contributed by atoms with Gasteiger partial charge in [-0.2, -0.15) is 0 Å². The Morgan fingerprint density at radius 1 is 1.45 bits per heavy atom. The number of nitrogens with zero attached hydrogens (tertiary/aromatic N) is 1. The van der Waals surface area contributed by atoms with Gasteiger partial charge in [-0.3, -0.25) is 0 Å². The third kappa shape index (κ3) is 3.87. The van der Waals surface area contributed by atoms with E-state index in [4.69, 9.17) is 11.6 Å². The lowest BCUT2D eigenvalue weighted by Gasteiger charge is -2.31. The summed E-state index contributed by atoms with van der Waals surface area (Å²) in [6.45, 7) is 6.35. The molecule has 2 rings (SSSR count). The van der Waals surface area contributed by atoms with Crippen LogP contribution in [0.25, 0.3) is 0 Å². The van der Waals surface area contributed by atoms with E-state index in [-0.39, 0.29) is 5.56 Å². The van der Waals surface area contributed by atoms with Gasteiger partial charge < -0.3 is 15.3 Å². The van der Waals surface area contributed by atoms with Crippen molar-refractivity contribution in [3.8, 4) is 0 Å². The number of carbonyl (C=O) groups is 1. The maximum absolute atomic E-state index is 11.2. The molecule has 20 heavy (non-hydrogen) atoms. The number of hydrogen-bond donors (Lipinski definition) is 2. The average molecular weight is 297 g/mol. The molecule has 0 spiro atoms. The van der Waals surface area contributed by atoms with E-state index >= 15 is 0 Å². The predicted octanol–water partition coefficient (Wildman–Crippen LogP) is 3.18. The van der Waals surface area contributed by atoms with Crippen molar-refractivity contribution in [3.63, 3.8) is 0 Å². The molecule has 0 unspecified atom stereocenters. The number of carboxylic acids is 1. The van der Waals surface area contributed by atoms with Gasteiger partial charge in [0.05, 0.1) is 11.3 Å². The van der Waals surface area contributed by atoms with E-state index in [1.165, 1.54) is 0 Å². The van der Waals surface area contributed by atoms with Crippen LogP contribution in [0, 0.1) is 5.92 Å². The molecular weight excluding hydrogens is 276 g/mol. The first kappa shape index (κ1) is 15.1. The summed E-state index contributed by atoms with van der Waals surface area (Å²) in [6.07, 6.45) is 2.31. The number of benzene rings is 1. The Bertz CT molecular complexity index is 471. The molecule has 0 aromatic heterocycles. The number of hydrogen-bond acceptors (Lipinski definition) is 3. The molecule has 0 radical (unpaired) electrons. The highest BCUT2D eigenvalue weighted by molar-refractivity contribution is 6.31. The van der Waals surface area contributed by atoms with Crippen molar-refractivity contribution in [1.82, 2.24) is 4.90 Å². The molecule has 1 fully saturated rings. The maximum Gasteiger partial charge on any atom is 0.337 e. The molecule has 1 aromatic carbocycles. The highest BCUT2D eigenvalue weighted by Crippen LogP contribution is 2.23. The first-order valence-corrected chi connectivity index (χ1v) is 7.47. The third-order valence-electron chi connectivity index (χ3n) is 3.95. The van der Waals surface area contributed by atoms with Gasteiger partial charge >= 0.3 is 5.97 Å². The minimum atomic E-state index is -0.926. The molecule has 0 aliphatic carbocycles. The number of aromatic carboxylic acids is 1. The summed E-state index contributed by atoms with van der Waals surface area (Å²) in [5.41, 5.74) is 0.892. The second-order valence-electron chi connectivity index (χ2n) is 5.25. The van der Waals surface area contributed by atoms with Crippen LogP contribution >= 0.6 is 11.6 Å². The first-order valence-electron chi connectivity index (χ1n) is 7.09. The largest absolute Gasteiger partial charge is 0.478 e. The summed E-state index contributed by atoms with van der Waals surface area (Å²) in [5.74, 6) is -0.330. The highest BCUT2D eigenvalue weighted by Gasteiger charge is 2.18. The van der Waals surface area contributed by atoms with Crippen molar-refractivity contribution in [2.45, 2.75) is 19.8 Å². The lowest BCUT2D eigenvalue weighted by molar-refractivity contribution is 0.0698. The van der Waals surface area contributed by atoms with E-state index in [1.54, 1.807) is 18.2 Å². The number of piperidine rings is 1. The lowest BCUT2D eigenvalue weighted by Crippen LogP contribution is -2.35. The van der Waals surface area contributed by atoms with Crippen LogP contribution in [-0.2, 0) is 0 Å². The van der Waals surface area contributed by atoms with Gasteiger partial charge in [0, 0.05) is 11.6 Å². The molecular formula is C15H21ClN2O2. The molecule has 0 bridgehead atoms. The van der Waals surface area contributed by atoms with Crippen LogP contribution in [0.1, 0.15) is 30.1 Å². The van der Waals surface area contributed by atoms with Crippen molar-refractivity contribution in [3.05, 3.63) is 28.8 Å². The fourth-order valence-corrected chi connectivity index (χ4v) is 2.78. The lowest BCUT2D eigenvalue weighted by atomic mass is 9.96. The molecule has 0 amide bonds. The van der Waals surface area contributed by atoms with Gasteiger partial charge in [-0.15, -0.1) is 0 Å².